The minimum Gasteiger partial charge on any atom is -0.354 e. The van der Waals surface area contributed by atoms with Crippen molar-refractivity contribution in [2.45, 2.75) is 71.2 Å². The average molecular weight is 320 g/mol. The maximum Gasteiger partial charge on any atom is 0.217 e. The summed E-state index contributed by atoms with van der Waals surface area (Å²) in [7, 11) is 4.20. The van der Waals surface area contributed by atoms with Crippen molar-refractivity contribution in [3.8, 4) is 0 Å². The number of carbonyl (C=O) groups excluding carboxylic acids is 1. The van der Waals surface area contributed by atoms with Crippen molar-refractivity contribution >= 4 is 18.5 Å². The van der Waals surface area contributed by atoms with Gasteiger partial charge in [0.25, 0.3) is 0 Å². The number of rotatable bonds is 5. The molecule has 0 saturated carbocycles. The molecule has 1 fully saturated rings. The van der Waals surface area contributed by atoms with Crippen molar-refractivity contribution in [3.63, 3.8) is 0 Å². The third kappa shape index (κ3) is 14.4. The van der Waals surface area contributed by atoms with E-state index < -0.39 is 0 Å². The van der Waals surface area contributed by atoms with Crippen LogP contribution in [0, 0.1) is 0 Å². The Kier molecular flexibility index (Phi) is 16.1. The van der Waals surface area contributed by atoms with E-state index in [1.54, 1.807) is 6.92 Å². The minimum atomic E-state index is 0.0657. The molecule has 1 rings (SSSR count). The van der Waals surface area contributed by atoms with Crippen molar-refractivity contribution < 1.29 is 4.79 Å². The highest BCUT2D eigenvalue weighted by Gasteiger charge is 2.23. The lowest BCUT2D eigenvalue weighted by molar-refractivity contribution is -0.119. The van der Waals surface area contributed by atoms with E-state index in [0.29, 0.717) is 17.3 Å². The van der Waals surface area contributed by atoms with E-state index in [2.05, 4.69) is 49.2 Å². The van der Waals surface area contributed by atoms with Gasteiger partial charge in [0, 0.05) is 30.8 Å². The van der Waals surface area contributed by atoms with E-state index in [0.717, 1.165) is 25.9 Å². The molecule has 1 amide bonds. The number of nitrogens with zero attached hydrogens (tertiary/aromatic N) is 1. The SMILES string of the molecule is CC.CCCC(C)NC(C)=O.CN(C)CC1NCCC1S. The fourth-order valence-electron chi connectivity index (χ4n) is 2.19. The first-order chi connectivity index (χ1) is 9.86. The molecule has 0 aromatic heterocycles. The molecular formula is C16H37N3OS. The molecule has 0 spiro atoms. The van der Waals surface area contributed by atoms with Crippen LogP contribution in [0.4, 0.5) is 0 Å². The monoisotopic (exact) mass is 319 g/mol. The summed E-state index contributed by atoms with van der Waals surface area (Å²) in [5, 5.41) is 6.78. The second-order valence-corrected chi connectivity index (χ2v) is 6.23. The maximum absolute atomic E-state index is 10.4. The number of hydrogen-bond acceptors (Lipinski definition) is 4. The average Bonchev–Trinajstić information content (AvgIpc) is 2.77. The summed E-state index contributed by atoms with van der Waals surface area (Å²) >= 11 is 4.47. The van der Waals surface area contributed by atoms with Gasteiger partial charge in [0.05, 0.1) is 0 Å². The van der Waals surface area contributed by atoms with Crippen LogP contribution in [0.15, 0.2) is 0 Å². The molecule has 5 heteroatoms. The third-order valence-electron chi connectivity index (χ3n) is 3.04. The first-order valence-corrected chi connectivity index (χ1v) is 8.71. The maximum atomic E-state index is 10.4. The van der Waals surface area contributed by atoms with Crippen molar-refractivity contribution in [2.75, 3.05) is 27.2 Å². The van der Waals surface area contributed by atoms with E-state index in [1.165, 1.54) is 6.42 Å². The fraction of sp³-hybridized carbons (Fsp3) is 0.938. The van der Waals surface area contributed by atoms with Crippen LogP contribution in [0.1, 0.15) is 53.9 Å². The van der Waals surface area contributed by atoms with Crippen molar-refractivity contribution in [3.05, 3.63) is 0 Å². The molecule has 0 bridgehead atoms. The van der Waals surface area contributed by atoms with Crippen LogP contribution < -0.4 is 10.6 Å². The van der Waals surface area contributed by atoms with Crippen molar-refractivity contribution in [1.29, 1.82) is 0 Å². The van der Waals surface area contributed by atoms with Gasteiger partial charge in [-0.15, -0.1) is 0 Å². The van der Waals surface area contributed by atoms with Gasteiger partial charge in [0.1, 0.15) is 0 Å². The number of amides is 1. The van der Waals surface area contributed by atoms with E-state index in [9.17, 15) is 4.79 Å². The van der Waals surface area contributed by atoms with Crippen LogP contribution in [0.5, 0.6) is 0 Å². The molecule has 0 aliphatic carbocycles. The lowest BCUT2D eigenvalue weighted by Gasteiger charge is -2.19. The van der Waals surface area contributed by atoms with E-state index >= 15 is 0 Å². The van der Waals surface area contributed by atoms with Crippen molar-refractivity contribution in [2.24, 2.45) is 0 Å². The lowest BCUT2D eigenvalue weighted by atomic mass is 10.2. The summed E-state index contributed by atoms with van der Waals surface area (Å²) in [6, 6.07) is 0.936. The number of hydrogen-bond donors (Lipinski definition) is 3. The van der Waals surface area contributed by atoms with Crippen LogP contribution >= 0.6 is 12.6 Å². The highest BCUT2D eigenvalue weighted by molar-refractivity contribution is 7.81. The van der Waals surface area contributed by atoms with E-state index in [4.69, 9.17) is 0 Å². The summed E-state index contributed by atoms with van der Waals surface area (Å²) in [5.74, 6) is 0.0657. The Balaban J connectivity index is 0. The Bertz CT molecular complexity index is 250. The largest absolute Gasteiger partial charge is 0.354 e. The quantitative estimate of drug-likeness (QED) is 0.682. The summed E-state index contributed by atoms with van der Waals surface area (Å²) in [5.41, 5.74) is 0. The first-order valence-electron chi connectivity index (χ1n) is 8.20. The van der Waals surface area contributed by atoms with Gasteiger partial charge in [0.15, 0.2) is 0 Å². The van der Waals surface area contributed by atoms with Gasteiger partial charge in [-0.05, 0) is 40.4 Å². The Morgan fingerprint density at radius 3 is 2.33 bits per heavy atom. The topological polar surface area (TPSA) is 44.4 Å². The molecule has 1 aliphatic rings. The van der Waals surface area contributed by atoms with E-state index in [-0.39, 0.29) is 5.91 Å². The predicted molar refractivity (Wildman–Crippen MR) is 97.3 cm³/mol. The Morgan fingerprint density at radius 1 is 1.43 bits per heavy atom. The lowest BCUT2D eigenvalue weighted by Crippen LogP contribution is -2.37. The minimum absolute atomic E-state index is 0.0657. The second-order valence-electron chi connectivity index (χ2n) is 5.57. The molecule has 21 heavy (non-hydrogen) atoms. The van der Waals surface area contributed by atoms with Crippen LogP contribution in [0.3, 0.4) is 0 Å². The second kappa shape index (κ2) is 14.7. The standard InChI is InChI=1S/C7H16N2S.C7H15NO.C2H6/c1-9(2)5-6-7(10)3-4-8-6;1-4-5-6(2)8-7(3)9;1-2/h6-8,10H,3-5H2,1-2H3;6H,4-5H2,1-3H3,(H,8,9);1-2H3. The molecule has 128 valence electrons. The number of nitrogens with one attached hydrogen (secondary N) is 2. The predicted octanol–water partition coefficient (Wildman–Crippen LogP) is 2.55. The highest BCUT2D eigenvalue weighted by Crippen LogP contribution is 2.13. The van der Waals surface area contributed by atoms with Gasteiger partial charge in [0.2, 0.25) is 5.91 Å². The molecule has 3 unspecified atom stereocenters. The molecule has 3 atom stereocenters. The van der Waals surface area contributed by atoms with Crippen LogP contribution in [0.2, 0.25) is 0 Å². The highest BCUT2D eigenvalue weighted by atomic mass is 32.1. The number of carbonyl (C=O) groups is 1. The van der Waals surface area contributed by atoms with E-state index in [1.807, 2.05) is 20.8 Å². The Morgan fingerprint density at radius 2 is 2.00 bits per heavy atom. The summed E-state index contributed by atoms with van der Waals surface area (Å²) in [4.78, 5) is 12.6. The first kappa shape index (κ1) is 23.0. The molecule has 0 aromatic rings. The molecule has 0 radical (unpaired) electrons. The van der Waals surface area contributed by atoms with Gasteiger partial charge < -0.3 is 15.5 Å². The van der Waals surface area contributed by atoms with Gasteiger partial charge in [-0.2, -0.15) is 12.6 Å². The van der Waals surface area contributed by atoms with Crippen LogP contribution in [-0.2, 0) is 4.79 Å². The van der Waals surface area contributed by atoms with Gasteiger partial charge in [-0.3, -0.25) is 4.79 Å². The number of likely N-dealkylation sites (N-methyl/N-ethyl adjacent to an activating group) is 1. The Hall–Kier alpha value is -0.260. The molecule has 1 heterocycles. The zero-order valence-electron chi connectivity index (χ0n) is 15.1. The Labute approximate surface area is 137 Å². The zero-order valence-corrected chi connectivity index (χ0v) is 16.0. The molecule has 4 nitrogen and oxygen atoms in total. The summed E-state index contributed by atoms with van der Waals surface area (Å²) in [6.07, 6.45) is 3.41. The van der Waals surface area contributed by atoms with Crippen molar-refractivity contribution in [1.82, 2.24) is 15.5 Å². The third-order valence-corrected chi connectivity index (χ3v) is 3.66. The smallest absolute Gasteiger partial charge is 0.217 e. The fourth-order valence-corrected chi connectivity index (χ4v) is 2.51. The van der Waals surface area contributed by atoms with Gasteiger partial charge in [-0.25, -0.2) is 0 Å². The zero-order chi connectivity index (χ0) is 16.8. The van der Waals surface area contributed by atoms with Crippen LogP contribution in [0.25, 0.3) is 0 Å². The molecule has 2 N–H and O–H groups in total. The molecule has 1 aliphatic heterocycles. The summed E-state index contributed by atoms with van der Waals surface area (Å²) in [6.45, 7) is 11.9. The van der Waals surface area contributed by atoms with Gasteiger partial charge in [-0.1, -0.05) is 27.2 Å². The molecule has 1 saturated heterocycles. The molecular weight excluding hydrogens is 282 g/mol. The number of thiol groups is 1. The van der Waals surface area contributed by atoms with Gasteiger partial charge >= 0.3 is 0 Å². The summed E-state index contributed by atoms with van der Waals surface area (Å²) < 4.78 is 0. The molecule has 0 aromatic carbocycles. The normalized spacial score (nSPS) is 21.8. The van der Waals surface area contributed by atoms with Crippen LogP contribution in [-0.4, -0.2) is 55.3 Å².